The fourth-order valence-electron chi connectivity index (χ4n) is 0.646. The summed E-state index contributed by atoms with van der Waals surface area (Å²) in [6.45, 7) is 0. The van der Waals surface area contributed by atoms with Gasteiger partial charge in [-0.2, -0.15) is 0 Å². The maximum atomic E-state index is 12.7. The standard InChI is InChI=1S/C5H6BFN2O2/c7-4-1-5(8)9-2-3(4)6(10)11/h1-2,10-11H,(H2,8,9). The van der Waals surface area contributed by atoms with E-state index in [1.54, 1.807) is 0 Å². The molecule has 6 heteroatoms. The Morgan fingerprint density at radius 1 is 1.55 bits per heavy atom. The fraction of sp³-hybridized carbons (Fsp3) is 0. The molecule has 0 atom stereocenters. The van der Waals surface area contributed by atoms with Crippen LogP contribution in [-0.4, -0.2) is 22.2 Å². The Morgan fingerprint density at radius 3 is 2.64 bits per heavy atom. The van der Waals surface area contributed by atoms with Crippen LogP contribution in [-0.2, 0) is 0 Å². The summed E-state index contributed by atoms with van der Waals surface area (Å²) in [5.74, 6) is -0.764. The van der Waals surface area contributed by atoms with Crippen molar-refractivity contribution in [1.82, 2.24) is 4.98 Å². The van der Waals surface area contributed by atoms with Gasteiger partial charge in [-0.1, -0.05) is 0 Å². The van der Waals surface area contributed by atoms with Crippen LogP contribution >= 0.6 is 0 Å². The molecule has 58 valence electrons. The molecule has 1 aromatic rings. The molecule has 0 unspecified atom stereocenters. The van der Waals surface area contributed by atoms with E-state index >= 15 is 0 Å². The van der Waals surface area contributed by atoms with E-state index in [0.717, 1.165) is 12.3 Å². The van der Waals surface area contributed by atoms with E-state index in [0.29, 0.717) is 0 Å². The number of anilines is 1. The largest absolute Gasteiger partial charge is 0.493 e. The molecule has 1 aromatic heterocycles. The van der Waals surface area contributed by atoms with E-state index in [-0.39, 0.29) is 11.3 Å². The van der Waals surface area contributed by atoms with Gasteiger partial charge in [-0.25, -0.2) is 9.37 Å². The Balaban J connectivity index is 3.09. The van der Waals surface area contributed by atoms with E-state index in [9.17, 15) is 4.39 Å². The van der Waals surface area contributed by atoms with Crippen molar-refractivity contribution < 1.29 is 14.4 Å². The van der Waals surface area contributed by atoms with Crippen molar-refractivity contribution in [1.29, 1.82) is 0 Å². The first-order valence-electron chi connectivity index (χ1n) is 2.88. The third-order valence-corrected chi connectivity index (χ3v) is 1.18. The SMILES string of the molecule is Nc1cc(F)c(B(O)O)cn1. The van der Waals surface area contributed by atoms with Gasteiger partial charge in [0.05, 0.1) is 0 Å². The molecule has 4 nitrogen and oxygen atoms in total. The Labute approximate surface area is 62.6 Å². The molecule has 0 aliphatic heterocycles. The lowest BCUT2D eigenvalue weighted by Crippen LogP contribution is -2.33. The minimum Gasteiger partial charge on any atom is -0.423 e. The zero-order valence-corrected chi connectivity index (χ0v) is 5.53. The summed E-state index contributed by atoms with van der Waals surface area (Å²) >= 11 is 0. The number of nitrogen functional groups attached to an aromatic ring is 1. The molecule has 11 heavy (non-hydrogen) atoms. The Kier molecular flexibility index (Phi) is 2.07. The van der Waals surface area contributed by atoms with E-state index in [2.05, 4.69) is 4.98 Å². The molecule has 1 rings (SSSR count). The molecule has 0 spiro atoms. The lowest BCUT2D eigenvalue weighted by Gasteiger charge is -2.00. The Bertz CT molecular complexity index is 269. The van der Waals surface area contributed by atoms with Crippen molar-refractivity contribution in [3.63, 3.8) is 0 Å². The number of hydrogen-bond donors (Lipinski definition) is 3. The van der Waals surface area contributed by atoms with Gasteiger partial charge in [0.2, 0.25) is 0 Å². The van der Waals surface area contributed by atoms with Crippen molar-refractivity contribution in [3.05, 3.63) is 18.1 Å². The number of nitrogens with two attached hydrogens (primary N) is 1. The van der Waals surface area contributed by atoms with Crippen LogP contribution in [0.25, 0.3) is 0 Å². The van der Waals surface area contributed by atoms with E-state index in [1.165, 1.54) is 0 Å². The predicted molar refractivity (Wildman–Crippen MR) is 38.4 cm³/mol. The molecule has 4 N–H and O–H groups in total. The van der Waals surface area contributed by atoms with Crippen LogP contribution < -0.4 is 11.2 Å². The Morgan fingerprint density at radius 2 is 2.18 bits per heavy atom. The molecule has 0 radical (unpaired) electrons. The van der Waals surface area contributed by atoms with Gasteiger partial charge in [-0.15, -0.1) is 0 Å². The topological polar surface area (TPSA) is 79.4 Å². The minimum absolute atomic E-state index is 0.00639. The number of nitrogens with zero attached hydrogens (tertiary/aromatic N) is 1. The quantitative estimate of drug-likeness (QED) is 0.431. The first kappa shape index (κ1) is 7.97. The van der Waals surface area contributed by atoms with Crippen LogP contribution in [0.5, 0.6) is 0 Å². The van der Waals surface area contributed by atoms with Gasteiger partial charge < -0.3 is 15.8 Å². The number of pyridine rings is 1. The lowest BCUT2D eigenvalue weighted by atomic mass is 9.81. The number of hydrogen-bond acceptors (Lipinski definition) is 4. The van der Waals surface area contributed by atoms with Crippen LogP contribution in [0.1, 0.15) is 0 Å². The highest BCUT2D eigenvalue weighted by Gasteiger charge is 2.16. The molecular weight excluding hydrogens is 150 g/mol. The summed E-state index contributed by atoms with van der Waals surface area (Å²) in [4.78, 5) is 3.48. The van der Waals surface area contributed by atoms with Gasteiger partial charge in [0.1, 0.15) is 11.6 Å². The van der Waals surface area contributed by atoms with Gasteiger partial charge >= 0.3 is 7.12 Å². The van der Waals surface area contributed by atoms with Gasteiger partial charge in [-0.05, 0) is 0 Å². The zero-order chi connectivity index (χ0) is 8.43. The molecule has 0 amide bonds. The highest BCUT2D eigenvalue weighted by Crippen LogP contribution is 1.98. The van der Waals surface area contributed by atoms with E-state index in [4.69, 9.17) is 15.8 Å². The number of halogens is 1. The number of aromatic nitrogens is 1. The highest BCUT2D eigenvalue weighted by molar-refractivity contribution is 6.58. The zero-order valence-electron chi connectivity index (χ0n) is 5.53. The summed E-state index contributed by atoms with van der Waals surface area (Å²) in [6.07, 6.45) is 0.981. The van der Waals surface area contributed by atoms with Crippen LogP contribution in [0.4, 0.5) is 10.2 Å². The molecule has 0 aliphatic rings. The first-order valence-corrected chi connectivity index (χ1v) is 2.88. The summed E-state index contributed by atoms with van der Waals surface area (Å²) in [6, 6.07) is 0.925. The second-order valence-electron chi connectivity index (χ2n) is 2.00. The maximum absolute atomic E-state index is 12.7. The molecule has 1 heterocycles. The first-order chi connectivity index (χ1) is 5.11. The third kappa shape index (κ3) is 1.66. The number of rotatable bonds is 1. The van der Waals surface area contributed by atoms with Crippen molar-refractivity contribution in [3.8, 4) is 0 Å². The van der Waals surface area contributed by atoms with E-state index in [1.807, 2.05) is 0 Å². The molecule has 0 aliphatic carbocycles. The van der Waals surface area contributed by atoms with Crippen LogP contribution in [0.2, 0.25) is 0 Å². The van der Waals surface area contributed by atoms with Crippen LogP contribution in [0.15, 0.2) is 12.3 Å². The Hall–Kier alpha value is -1.14. The molecule has 0 fully saturated rings. The third-order valence-electron chi connectivity index (χ3n) is 1.18. The van der Waals surface area contributed by atoms with Crippen LogP contribution in [0.3, 0.4) is 0 Å². The predicted octanol–water partition coefficient (Wildman–Crippen LogP) is -1.52. The van der Waals surface area contributed by atoms with E-state index < -0.39 is 12.9 Å². The monoisotopic (exact) mass is 156 g/mol. The summed E-state index contributed by atoms with van der Waals surface area (Å²) in [7, 11) is -1.84. The molecule has 0 saturated heterocycles. The van der Waals surface area contributed by atoms with Crippen molar-refractivity contribution >= 4 is 18.4 Å². The smallest absolute Gasteiger partial charge is 0.423 e. The van der Waals surface area contributed by atoms with Gasteiger partial charge in [0, 0.05) is 17.7 Å². The molecule has 0 aromatic carbocycles. The summed E-state index contributed by atoms with van der Waals surface area (Å²) < 4.78 is 12.7. The van der Waals surface area contributed by atoms with Gasteiger partial charge in [0.15, 0.2) is 0 Å². The minimum atomic E-state index is -1.84. The molecular formula is C5H6BFN2O2. The van der Waals surface area contributed by atoms with Crippen molar-refractivity contribution in [2.24, 2.45) is 0 Å². The lowest BCUT2D eigenvalue weighted by molar-refractivity contribution is 0.423. The molecule has 0 bridgehead atoms. The second-order valence-corrected chi connectivity index (χ2v) is 2.00. The summed E-state index contributed by atoms with van der Waals surface area (Å²) in [5, 5.41) is 17.1. The normalized spacial score (nSPS) is 9.73. The van der Waals surface area contributed by atoms with Crippen molar-refractivity contribution in [2.45, 2.75) is 0 Å². The highest BCUT2D eigenvalue weighted by atomic mass is 19.1. The van der Waals surface area contributed by atoms with Gasteiger partial charge in [0.25, 0.3) is 0 Å². The summed E-state index contributed by atoms with van der Waals surface area (Å²) in [5.41, 5.74) is 4.83. The molecule has 0 saturated carbocycles. The average Bonchev–Trinajstić information content (AvgIpc) is 1.85. The second kappa shape index (κ2) is 2.85. The fourth-order valence-corrected chi connectivity index (χ4v) is 0.646. The average molecular weight is 156 g/mol. The maximum Gasteiger partial charge on any atom is 0.493 e. The van der Waals surface area contributed by atoms with Gasteiger partial charge in [-0.3, -0.25) is 0 Å². The van der Waals surface area contributed by atoms with Crippen LogP contribution in [0, 0.1) is 5.82 Å². The van der Waals surface area contributed by atoms with Crippen molar-refractivity contribution in [2.75, 3.05) is 5.73 Å².